The Bertz CT molecular complexity index is 715. The van der Waals surface area contributed by atoms with Crippen molar-refractivity contribution in [1.29, 1.82) is 0 Å². The smallest absolute Gasteiger partial charge is 0.227 e. The normalized spacial score (nSPS) is 20.1. The lowest BCUT2D eigenvalue weighted by Gasteiger charge is -2.26. The number of anilines is 1. The fraction of sp³-hybridized carbons (Fsp3) is 0.381. The molecule has 0 radical (unpaired) electrons. The van der Waals surface area contributed by atoms with Crippen LogP contribution in [0.2, 0.25) is 0 Å². The Morgan fingerprint density at radius 1 is 1.20 bits per heavy atom. The third-order valence-corrected chi connectivity index (χ3v) is 4.79. The molecule has 1 saturated carbocycles. The van der Waals surface area contributed by atoms with Crippen LogP contribution in [-0.2, 0) is 11.4 Å². The average molecular weight is 338 g/mol. The Morgan fingerprint density at radius 2 is 2.00 bits per heavy atom. The molecule has 4 nitrogen and oxygen atoms in total. The Labute approximate surface area is 149 Å². The molecule has 2 aromatic carbocycles. The van der Waals surface area contributed by atoms with Crippen molar-refractivity contribution < 1.29 is 9.53 Å². The van der Waals surface area contributed by atoms with Gasteiger partial charge in [0.2, 0.25) is 5.91 Å². The molecule has 3 N–H and O–H groups in total. The monoisotopic (exact) mass is 338 g/mol. The summed E-state index contributed by atoms with van der Waals surface area (Å²) in [5, 5.41) is 3.05. The third kappa shape index (κ3) is 4.83. The van der Waals surface area contributed by atoms with Gasteiger partial charge in [0.15, 0.2) is 0 Å². The van der Waals surface area contributed by atoms with Gasteiger partial charge in [-0.25, -0.2) is 0 Å². The second-order valence-electron chi connectivity index (χ2n) is 6.86. The zero-order valence-electron chi connectivity index (χ0n) is 14.7. The number of carbonyl (C=O) groups is 1. The quantitative estimate of drug-likeness (QED) is 0.865. The predicted octanol–water partition coefficient (Wildman–Crippen LogP) is 4.03. The molecule has 0 spiro atoms. The first kappa shape index (κ1) is 17.5. The van der Waals surface area contributed by atoms with E-state index < -0.39 is 0 Å². The lowest BCUT2D eigenvalue weighted by molar-refractivity contribution is -0.120. The molecule has 25 heavy (non-hydrogen) atoms. The molecule has 0 aliphatic heterocycles. The highest BCUT2D eigenvalue weighted by Gasteiger charge is 2.25. The molecule has 0 aromatic heterocycles. The SMILES string of the molecule is Cc1cc(OCc2ccccc2)ccc1NC(=O)C1CCCC(N)C1. The number of ether oxygens (including phenoxy) is 1. The van der Waals surface area contributed by atoms with Crippen molar-refractivity contribution >= 4 is 11.6 Å². The lowest BCUT2D eigenvalue weighted by Crippen LogP contribution is -2.34. The van der Waals surface area contributed by atoms with Crippen molar-refractivity contribution in [3.8, 4) is 5.75 Å². The first-order chi connectivity index (χ1) is 12.1. The molecule has 0 saturated heterocycles. The van der Waals surface area contributed by atoms with Crippen LogP contribution in [0.4, 0.5) is 5.69 Å². The van der Waals surface area contributed by atoms with E-state index in [0.29, 0.717) is 6.61 Å². The highest BCUT2D eigenvalue weighted by atomic mass is 16.5. The maximum atomic E-state index is 12.5. The van der Waals surface area contributed by atoms with Gasteiger partial charge < -0.3 is 15.8 Å². The van der Waals surface area contributed by atoms with E-state index in [1.54, 1.807) is 0 Å². The molecular weight excluding hydrogens is 312 g/mol. The van der Waals surface area contributed by atoms with Crippen molar-refractivity contribution in [1.82, 2.24) is 0 Å². The van der Waals surface area contributed by atoms with Gasteiger partial charge in [-0.05, 0) is 55.5 Å². The maximum absolute atomic E-state index is 12.5. The van der Waals surface area contributed by atoms with Crippen LogP contribution in [0.3, 0.4) is 0 Å². The van der Waals surface area contributed by atoms with Crippen molar-refractivity contribution in [2.24, 2.45) is 11.7 Å². The highest BCUT2D eigenvalue weighted by molar-refractivity contribution is 5.93. The summed E-state index contributed by atoms with van der Waals surface area (Å²) in [5.74, 6) is 0.910. The number of benzene rings is 2. The Kier molecular flexibility index (Phi) is 5.71. The minimum atomic E-state index is 0.0251. The van der Waals surface area contributed by atoms with Crippen LogP contribution in [0.1, 0.15) is 36.8 Å². The van der Waals surface area contributed by atoms with Gasteiger partial charge in [-0.15, -0.1) is 0 Å². The van der Waals surface area contributed by atoms with Gasteiger partial charge in [0, 0.05) is 17.6 Å². The summed E-state index contributed by atoms with van der Waals surface area (Å²) in [6.45, 7) is 2.52. The summed E-state index contributed by atoms with van der Waals surface area (Å²) in [4.78, 5) is 12.5. The number of carbonyl (C=O) groups excluding carboxylic acids is 1. The summed E-state index contributed by atoms with van der Waals surface area (Å²) in [7, 11) is 0. The van der Waals surface area contributed by atoms with Crippen molar-refractivity contribution in [3.63, 3.8) is 0 Å². The van der Waals surface area contributed by atoms with Gasteiger partial charge in [0.1, 0.15) is 12.4 Å². The molecule has 0 bridgehead atoms. The Balaban J connectivity index is 1.58. The largest absolute Gasteiger partial charge is 0.489 e. The zero-order valence-corrected chi connectivity index (χ0v) is 14.7. The van der Waals surface area contributed by atoms with Crippen LogP contribution >= 0.6 is 0 Å². The summed E-state index contributed by atoms with van der Waals surface area (Å²) in [5.41, 5.74) is 8.96. The lowest BCUT2D eigenvalue weighted by atomic mass is 9.85. The number of rotatable bonds is 5. The number of hydrogen-bond donors (Lipinski definition) is 2. The molecule has 2 aromatic rings. The van der Waals surface area contributed by atoms with Gasteiger partial charge >= 0.3 is 0 Å². The van der Waals surface area contributed by atoms with Gasteiger partial charge in [-0.3, -0.25) is 4.79 Å². The van der Waals surface area contributed by atoms with Crippen molar-refractivity contribution in [2.75, 3.05) is 5.32 Å². The fourth-order valence-electron chi connectivity index (χ4n) is 3.31. The van der Waals surface area contributed by atoms with Gasteiger partial charge in [-0.1, -0.05) is 36.8 Å². The summed E-state index contributed by atoms with van der Waals surface area (Å²) >= 11 is 0. The molecule has 4 heteroatoms. The molecule has 2 unspecified atom stereocenters. The summed E-state index contributed by atoms with van der Waals surface area (Å²) < 4.78 is 5.83. The fourth-order valence-corrected chi connectivity index (χ4v) is 3.31. The van der Waals surface area contributed by atoms with E-state index in [2.05, 4.69) is 5.32 Å². The van der Waals surface area contributed by atoms with E-state index in [0.717, 1.165) is 48.2 Å². The van der Waals surface area contributed by atoms with E-state index in [4.69, 9.17) is 10.5 Å². The first-order valence-electron chi connectivity index (χ1n) is 8.95. The second kappa shape index (κ2) is 8.17. The summed E-state index contributed by atoms with van der Waals surface area (Å²) in [6, 6.07) is 16.0. The van der Waals surface area contributed by atoms with Crippen molar-refractivity contribution in [3.05, 3.63) is 59.7 Å². The molecular formula is C21H26N2O2. The summed E-state index contributed by atoms with van der Waals surface area (Å²) in [6.07, 6.45) is 3.76. The number of amides is 1. The molecule has 1 aliphatic rings. The van der Waals surface area contributed by atoms with Crippen LogP contribution in [0, 0.1) is 12.8 Å². The highest BCUT2D eigenvalue weighted by Crippen LogP contribution is 2.27. The van der Waals surface area contributed by atoms with E-state index in [-0.39, 0.29) is 17.9 Å². The van der Waals surface area contributed by atoms with Crippen molar-refractivity contribution in [2.45, 2.75) is 45.3 Å². The molecule has 1 fully saturated rings. The molecule has 132 valence electrons. The van der Waals surface area contributed by atoms with Gasteiger partial charge in [0.05, 0.1) is 0 Å². The molecule has 3 rings (SSSR count). The van der Waals surface area contributed by atoms with E-state index in [9.17, 15) is 4.79 Å². The Morgan fingerprint density at radius 3 is 2.72 bits per heavy atom. The van der Waals surface area contributed by atoms with Crippen LogP contribution in [0.25, 0.3) is 0 Å². The Hall–Kier alpha value is -2.33. The van der Waals surface area contributed by atoms with Crippen LogP contribution in [-0.4, -0.2) is 11.9 Å². The van der Waals surface area contributed by atoms with Crippen LogP contribution in [0.5, 0.6) is 5.75 Å². The van der Waals surface area contributed by atoms with Gasteiger partial charge in [-0.2, -0.15) is 0 Å². The average Bonchev–Trinajstić information content (AvgIpc) is 2.63. The first-order valence-corrected chi connectivity index (χ1v) is 8.95. The maximum Gasteiger partial charge on any atom is 0.227 e. The number of hydrogen-bond acceptors (Lipinski definition) is 3. The molecule has 1 aliphatic carbocycles. The number of aryl methyl sites for hydroxylation is 1. The zero-order chi connectivity index (χ0) is 17.6. The van der Waals surface area contributed by atoms with E-state index in [1.807, 2.05) is 55.5 Å². The molecule has 0 heterocycles. The standard InChI is InChI=1S/C21H26N2O2/c1-15-12-19(25-14-16-6-3-2-4-7-16)10-11-20(15)23-21(24)17-8-5-9-18(22)13-17/h2-4,6-7,10-12,17-18H,5,8-9,13-14,22H2,1H3,(H,23,24). The number of nitrogens with two attached hydrogens (primary N) is 1. The molecule has 1 amide bonds. The van der Waals surface area contributed by atoms with Gasteiger partial charge in [0.25, 0.3) is 0 Å². The minimum absolute atomic E-state index is 0.0251. The second-order valence-corrected chi connectivity index (χ2v) is 6.86. The third-order valence-electron chi connectivity index (χ3n) is 4.79. The molecule has 2 atom stereocenters. The topological polar surface area (TPSA) is 64.3 Å². The van der Waals surface area contributed by atoms with Crippen LogP contribution in [0.15, 0.2) is 48.5 Å². The van der Waals surface area contributed by atoms with E-state index in [1.165, 1.54) is 0 Å². The number of nitrogens with one attached hydrogen (secondary N) is 1. The minimum Gasteiger partial charge on any atom is -0.489 e. The predicted molar refractivity (Wildman–Crippen MR) is 101 cm³/mol. The van der Waals surface area contributed by atoms with Crippen LogP contribution < -0.4 is 15.8 Å². The van der Waals surface area contributed by atoms with E-state index >= 15 is 0 Å².